The summed E-state index contributed by atoms with van der Waals surface area (Å²) in [4.78, 5) is 0. The molecule has 0 aromatic rings. The Morgan fingerprint density at radius 1 is 1.44 bits per heavy atom. The zero-order chi connectivity index (χ0) is 7.28. The highest BCUT2D eigenvalue weighted by molar-refractivity contribution is 7.79. The van der Waals surface area contributed by atoms with E-state index in [0.29, 0.717) is 13.1 Å². The Morgan fingerprint density at radius 2 is 1.89 bits per heavy atom. The first-order valence-electron chi connectivity index (χ1n) is 2.66. The molecule has 0 saturated carbocycles. The second-order valence-electron chi connectivity index (χ2n) is 1.81. The first kappa shape index (κ1) is 9.03. The van der Waals surface area contributed by atoms with Crippen LogP contribution in [0.1, 0.15) is 0 Å². The molecule has 0 aromatic carbocycles. The molecule has 0 aliphatic carbocycles. The van der Waals surface area contributed by atoms with Crippen LogP contribution in [-0.4, -0.2) is 27.6 Å². The van der Waals surface area contributed by atoms with Crippen molar-refractivity contribution in [1.29, 1.82) is 0 Å². The molecule has 0 rings (SSSR count). The van der Waals surface area contributed by atoms with Gasteiger partial charge >= 0.3 is 0 Å². The van der Waals surface area contributed by atoms with Gasteiger partial charge in [-0.15, -0.1) is 0 Å². The second kappa shape index (κ2) is 4.87. The van der Waals surface area contributed by atoms with Crippen molar-refractivity contribution in [2.75, 3.05) is 18.8 Å². The predicted molar refractivity (Wildman–Crippen MR) is 35.4 cm³/mol. The van der Waals surface area contributed by atoms with Crippen LogP contribution in [-0.2, 0) is 11.1 Å². The average Bonchev–Trinajstić information content (AvgIpc) is 1.82. The van der Waals surface area contributed by atoms with Crippen LogP contribution in [0.15, 0.2) is 0 Å². The SMILES string of the molecule is NCC(CN)CS(=O)[O-]. The normalized spacial score (nSPS) is 14.2. The van der Waals surface area contributed by atoms with Gasteiger partial charge in [-0.2, -0.15) is 0 Å². The van der Waals surface area contributed by atoms with E-state index in [4.69, 9.17) is 11.5 Å². The summed E-state index contributed by atoms with van der Waals surface area (Å²) in [6.45, 7) is 0.676. The van der Waals surface area contributed by atoms with Gasteiger partial charge in [0.15, 0.2) is 0 Å². The first-order valence-corrected chi connectivity index (χ1v) is 3.91. The average molecular weight is 151 g/mol. The summed E-state index contributed by atoms with van der Waals surface area (Å²) in [5.74, 6) is -0.00386. The Labute approximate surface area is 56.9 Å². The smallest absolute Gasteiger partial charge is 0.0154 e. The molecular formula is C4H11N2O2S-. The Morgan fingerprint density at radius 3 is 2.00 bits per heavy atom. The summed E-state index contributed by atoms with van der Waals surface area (Å²) in [7, 11) is 0. The maximum absolute atomic E-state index is 10.0. The predicted octanol–water partition coefficient (Wildman–Crippen LogP) is -1.60. The number of hydrogen-bond donors (Lipinski definition) is 2. The molecule has 56 valence electrons. The van der Waals surface area contributed by atoms with Crippen LogP contribution in [0.3, 0.4) is 0 Å². The summed E-state index contributed by atoms with van der Waals surface area (Å²) in [5, 5.41) is 0. The van der Waals surface area contributed by atoms with Gasteiger partial charge in [0.2, 0.25) is 0 Å². The third-order valence-electron chi connectivity index (χ3n) is 1.04. The summed E-state index contributed by atoms with van der Waals surface area (Å²) in [5.41, 5.74) is 10.4. The highest BCUT2D eigenvalue weighted by Crippen LogP contribution is 1.91. The molecule has 0 spiro atoms. The summed E-state index contributed by atoms with van der Waals surface area (Å²) in [6.07, 6.45) is 0. The summed E-state index contributed by atoms with van der Waals surface area (Å²) >= 11 is -2.01. The van der Waals surface area contributed by atoms with E-state index in [9.17, 15) is 8.76 Å². The van der Waals surface area contributed by atoms with Crippen molar-refractivity contribution in [3.8, 4) is 0 Å². The molecule has 1 atom stereocenters. The lowest BCUT2D eigenvalue weighted by molar-refractivity contribution is 0.514. The quantitative estimate of drug-likeness (QED) is 0.473. The minimum atomic E-state index is -2.01. The standard InChI is InChI=1S/C4H12N2O2S/c5-1-4(2-6)3-9(7)8/h4H,1-3,5-6H2,(H,7,8)/p-1. The molecular weight excluding hydrogens is 140 g/mol. The minimum Gasteiger partial charge on any atom is -0.772 e. The van der Waals surface area contributed by atoms with Crippen LogP contribution in [0.5, 0.6) is 0 Å². The topological polar surface area (TPSA) is 92.2 Å². The van der Waals surface area contributed by atoms with E-state index in [1.165, 1.54) is 0 Å². The van der Waals surface area contributed by atoms with Gasteiger partial charge in [-0.1, -0.05) is 11.1 Å². The number of hydrogen-bond acceptors (Lipinski definition) is 4. The monoisotopic (exact) mass is 151 g/mol. The van der Waals surface area contributed by atoms with Crippen LogP contribution < -0.4 is 11.5 Å². The molecule has 0 radical (unpaired) electrons. The van der Waals surface area contributed by atoms with Crippen molar-refractivity contribution >= 4 is 11.1 Å². The first-order chi connectivity index (χ1) is 4.20. The highest BCUT2D eigenvalue weighted by Gasteiger charge is 2.01. The van der Waals surface area contributed by atoms with Crippen molar-refractivity contribution in [2.24, 2.45) is 17.4 Å². The molecule has 0 fully saturated rings. The van der Waals surface area contributed by atoms with E-state index >= 15 is 0 Å². The van der Waals surface area contributed by atoms with E-state index in [2.05, 4.69) is 0 Å². The maximum Gasteiger partial charge on any atom is 0.0154 e. The van der Waals surface area contributed by atoms with Crippen LogP contribution in [0.4, 0.5) is 0 Å². The van der Waals surface area contributed by atoms with Gasteiger partial charge in [0, 0.05) is 5.75 Å². The fraction of sp³-hybridized carbons (Fsp3) is 1.00. The van der Waals surface area contributed by atoms with Crippen LogP contribution in [0.25, 0.3) is 0 Å². The van der Waals surface area contributed by atoms with Crippen molar-refractivity contribution in [3.05, 3.63) is 0 Å². The fourth-order valence-electron chi connectivity index (χ4n) is 0.425. The second-order valence-corrected chi connectivity index (χ2v) is 2.75. The van der Waals surface area contributed by atoms with E-state index < -0.39 is 11.1 Å². The maximum atomic E-state index is 10.0. The molecule has 9 heavy (non-hydrogen) atoms. The number of rotatable bonds is 4. The lowest BCUT2D eigenvalue weighted by Crippen LogP contribution is -2.28. The molecule has 0 saturated heterocycles. The van der Waals surface area contributed by atoms with Crippen LogP contribution >= 0.6 is 0 Å². The lowest BCUT2D eigenvalue weighted by atomic mass is 10.2. The van der Waals surface area contributed by atoms with E-state index in [-0.39, 0.29) is 11.7 Å². The Bertz CT molecular complexity index is 94.6. The molecule has 0 aromatic heterocycles. The zero-order valence-corrected chi connectivity index (χ0v) is 5.89. The van der Waals surface area contributed by atoms with Gasteiger partial charge in [0.1, 0.15) is 0 Å². The van der Waals surface area contributed by atoms with Gasteiger partial charge in [0.25, 0.3) is 0 Å². The Balaban J connectivity index is 3.43. The van der Waals surface area contributed by atoms with Crippen molar-refractivity contribution < 1.29 is 8.76 Å². The molecule has 1 unspecified atom stereocenters. The molecule has 0 amide bonds. The number of nitrogens with two attached hydrogens (primary N) is 2. The molecule has 0 heterocycles. The minimum absolute atomic E-state index is 0.0764. The Hall–Kier alpha value is 0.0300. The largest absolute Gasteiger partial charge is 0.772 e. The highest BCUT2D eigenvalue weighted by atomic mass is 32.2. The Kier molecular flexibility index (Phi) is 4.88. The fourth-order valence-corrected chi connectivity index (χ4v) is 1.08. The lowest BCUT2D eigenvalue weighted by Gasteiger charge is -2.12. The van der Waals surface area contributed by atoms with Crippen molar-refractivity contribution in [3.63, 3.8) is 0 Å². The zero-order valence-electron chi connectivity index (χ0n) is 5.08. The van der Waals surface area contributed by atoms with Crippen molar-refractivity contribution in [1.82, 2.24) is 0 Å². The molecule has 0 aliphatic rings. The van der Waals surface area contributed by atoms with E-state index in [1.807, 2.05) is 0 Å². The molecule has 0 bridgehead atoms. The summed E-state index contributed by atoms with van der Waals surface area (Å²) in [6, 6.07) is 0. The molecule has 0 aliphatic heterocycles. The van der Waals surface area contributed by atoms with Crippen LogP contribution in [0.2, 0.25) is 0 Å². The molecule has 4 nitrogen and oxygen atoms in total. The van der Waals surface area contributed by atoms with Crippen LogP contribution in [0, 0.1) is 5.92 Å². The molecule has 5 heteroatoms. The van der Waals surface area contributed by atoms with Gasteiger partial charge in [-0.25, -0.2) is 0 Å². The van der Waals surface area contributed by atoms with Crippen molar-refractivity contribution in [2.45, 2.75) is 0 Å². The van der Waals surface area contributed by atoms with Gasteiger partial charge in [-0.05, 0) is 19.0 Å². The third-order valence-corrected chi connectivity index (χ3v) is 1.78. The summed E-state index contributed by atoms with van der Waals surface area (Å²) < 4.78 is 20.0. The third kappa shape index (κ3) is 4.53. The van der Waals surface area contributed by atoms with E-state index in [0.717, 1.165) is 0 Å². The van der Waals surface area contributed by atoms with E-state index in [1.54, 1.807) is 0 Å². The van der Waals surface area contributed by atoms with Gasteiger partial charge in [-0.3, -0.25) is 4.21 Å². The van der Waals surface area contributed by atoms with Gasteiger partial charge in [0.05, 0.1) is 0 Å². The van der Waals surface area contributed by atoms with Gasteiger partial charge < -0.3 is 16.0 Å². The molecule has 4 N–H and O–H groups in total.